The average molecular weight is 462 g/mol. The molecule has 1 N–H and O–H groups in total. The molecule has 0 unspecified atom stereocenters. The highest BCUT2D eigenvalue weighted by molar-refractivity contribution is 6.30. The monoisotopic (exact) mass is 461 g/mol. The molecule has 3 aromatic carbocycles. The third kappa shape index (κ3) is 6.59. The van der Waals surface area contributed by atoms with Crippen LogP contribution in [-0.4, -0.2) is 28.6 Å². The van der Waals surface area contributed by atoms with E-state index in [-0.39, 0.29) is 12.5 Å². The Bertz CT molecular complexity index is 1170. The van der Waals surface area contributed by atoms with Gasteiger partial charge in [0.25, 0.3) is 5.91 Å². The molecule has 0 aliphatic carbocycles. The fourth-order valence-corrected chi connectivity index (χ4v) is 3.93. The van der Waals surface area contributed by atoms with Crippen LogP contribution in [0.2, 0.25) is 5.02 Å². The van der Waals surface area contributed by atoms with Crippen LogP contribution in [0.4, 0.5) is 0 Å². The first-order valence-electron chi connectivity index (χ1n) is 11.3. The van der Waals surface area contributed by atoms with Gasteiger partial charge in [-0.05, 0) is 54.8 Å². The zero-order valence-corrected chi connectivity index (χ0v) is 19.3. The van der Waals surface area contributed by atoms with Crippen LogP contribution in [-0.2, 0) is 17.8 Å². The molecule has 0 bridgehead atoms. The summed E-state index contributed by atoms with van der Waals surface area (Å²) >= 11 is 5.85. The standard InChI is InChI=1S/C27H28ClN3O2/c28-22-14-16-23(17-15-22)33-20-27(32)29-18-8-2-5-13-26-30-24-11-6-7-12-25(24)31(26)19-21-9-3-1-4-10-21/h1,3-4,6-7,9-12,14-17H,2,5,8,13,18-20H2,(H,29,32). The number of hydrogen-bond acceptors (Lipinski definition) is 3. The molecule has 5 nitrogen and oxygen atoms in total. The fourth-order valence-electron chi connectivity index (χ4n) is 3.80. The van der Waals surface area contributed by atoms with E-state index < -0.39 is 0 Å². The minimum absolute atomic E-state index is 0.00510. The van der Waals surface area contributed by atoms with E-state index in [1.54, 1.807) is 24.3 Å². The first-order valence-corrected chi connectivity index (χ1v) is 11.7. The lowest BCUT2D eigenvalue weighted by molar-refractivity contribution is -0.123. The summed E-state index contributed by atoms with van der Waals surface area (Å²) in [6.45, 7) is 1.47. The molecule has 0 aliphatic heterocycles. The van der Waals surface area contributed by atoms with Gasteiger partial charge in [-0.15, -0.1) is 0 Å². The van der Waals surface area contributed by atoms with Crippen molar-refractivity contribution in [2.75, 3.05) is 13.2 Å². The van der Waals surface area contributed by atoms with Crippen LogP contribution in [0.3, 0.4) is 0 Å². The number of carbonyl (C=O) groups is 1. The molecule has 0 fully saturated rings. The second-order valence-electron chi connectivity index (χ2n) is 7.99. The van der Waals surface area contributed by atoms with Crippen LogP contribution in [0.25, 0.3) is 11.0 Å². The average Bonchev–Trinajstić information content (AvgIpc) is 3.19. The van der Waals surface area contributed by atoms with E-state index in [0.717, 1.165) is 43.6 Å². The lowest BCUT2D eigenvalue weighted by Crippen LogP contribution is -2.29. The molecule has 6 heteroatoms. The first kappa shape index (κ1) is 22.9. The van der Waals surface area contributed by atoms with Gasteiger partial charge in [0.15, 0.2) is 6.61 Å². The van der Waals surface area contributed by atoms with Gasteiger partial charge in [-0.2, -0.15) is 0 Å². The lowest BCUT2D eigenvalue weighted by Gasteiger charge is -2.10. The van der Waals surface area contributed by atoms with Crippen molar-refractivity contribution in [3.63, 3.8) is 0 Å². The zero-order chi connectivity index (χ0) is 22.9. The van der Waals surface area contributed by atoms with E-state index in [1.165, 1.54) is 11.1 Å². The van der Waals surface area contributed by atoms with Gasteiger partial charge in [0.1, 0.15) is 11.6 Å². The van der Waals surface area contributed by atoms with Gasteiger partial charge in [0, 0.05) is 24.5 Å². The van der Waals surface area contributed by atoms with Crippen molar-refractivity contribution < 1.29 is 9.53 Å². The van der Waals surface area contributed by atoms with E-state index in [0.29, 0.717) is 17.3 Å². The highest BCUT2D eigenvalue weighted by atomic mass is 35.5. The smallest absolute Gasteiger partial charge is 0.257 e. The number of para-hydroxylation sites is 2. The summed E-state index contributed by atoms with van der Waals surface area (Å²) in [5.41, 5.74) is 3.48. The number of imidazole rings is 1. The molecule has 1 aromatic heterocycles. The van der Waals surface area contributed by atoms with Crippen molar-refractivity contribution in [3.8, 4) is 5.75 Å². The molecule has 4 rings (SSSR count). The van der Waals surface area contributed by atoms with Gasteiger partial charge in [0.2, 0.25) is 0 Å². The van der Waals surface area contributed by atoms with Gasteiger partial charge in [-0.25, -0.2) is 4.98 Å². The minimum atomic E-state index is -0.116. The molecule has 170 valence electrons. The van der Waals surface area contributed by atoms with Gasteiger partial charge >= 0.3 is 0 Å². The summed E-state index contributed by atoms with van der Waals surface area (Å²) in [6, 6.07) is 25.8. The number of nitrogens with zero attached hydrogens (tertiary/aromatic N) is 2. The number of aryl methyl sites for hydroxylation is 1. The number of ether oxygens (including phenoxy) is 1. The Balaban J connectivity index is 1.22. The number of halogens is 1. The van der Waals surface area contributed by atoms with E-state index in [9.17, 15) is 4.79 Å². The van der Waals surface area contributed by atoms with Gasteiger partial charge in [0.05, 0.1) is 11.0 Å². The predicted octanol–water partition coefficient (Wildman–Crippen LogP) is 5.65. The number of hydrogen-bond donors (Lipinski definition) is 1. The third-order valence-corrected chi connectivity index (χ3v) is 5.75. The number of aromatic nitrogens is 2. The van der Waals surface area contributed by atoms with Crippen molar-refractivity contribution in [2.24, 2.45) is 0 Å². The number of nitrogens with one attached hydrogen (secondary N) is 1. The molecule has 0 saturated heterocycles. The molecular weight excluding hydrogens is 434 g/mol. The summed E-state index contributed by atoms with van der Waals surface area (Å²) in [5.74, 6) is 1.63. The predicted molar refractivity (Wildman–Crippen MR) is 133 cm³/mol. The van der Waals surface area contributed by atoms with Crippen LogP contribution in [0.1, 0.15) is 30.7 Å². The van der Waals surface area contributed by atoms with Crippen LogP contribution >= 0.6 is 11.6 Å². The molecule has 0 atom stereocenters. The van der Waals surface area contributed by atoms with E-state index >= 15 is 0 Å². The van der Waals surface area contributed by atoms with Crippen LogP contribution in [0.15, 0.2) is 78.9 Å². The normalized spacial score (nSPS) is 10.9. The van der Waals surface area contributed by atoms with Gasteiger partial charge in [-0.3, -0.25) is 4.79 Å². The molecular formula is C27H28ClN3O2. The number of unbranched alkanes of at least 4 members (excludes halogenated alkanes) is 2. The highest BCUT2D eigenvalue weighted by Gasteiger charge is 2.11. The van der Waals surface area contributed by atoms with Crippen molar-refractivity contribution >= 4 is 28.5 Å². The Morgan fingerprint density at radius 1 is 0.909 bits per heavy atom. The summed E-state index contributed by atoms with van der Waals surface area (Å²) in [6.07, 6.45) is 3.88. The maximum absolute atomic E-state index is 12.0. The Morgan fingerprint density at radius 3 is 2.48 bits per heavy atom. The van der Waals surface area contributed by atoms with Crippen LogP contribution in [0, 0.1) is 0 Å². The van der Waals surface area contributed by atoms with Gasteiger partial charge < -0.3 is 14.6 Å². The molecule has 1 heterocycles. The number of benzene rings is 3. The molecule has 33 heavy (non-hydrogen) atoms. The summed E-state index contributed by atoms with van der Waals surface area (Å²) in [7, 11) is 0. The molecule has 4 aromatic rings. The second kappa shape index (κ2) is 11.5. The third-order valence-electron chi connectivity index (χ3n) is 5.50. The number of carbonyl (C=O) groups excluding carboxylic acids is 1. The largest absolute Gasteiger partial charge is 0.484 e. The zero-order valence-electron chi connectivity index (χ0n) is 18.5. The molecule has 0 saturated carbocycles. The van der Waals surface area contributed by atoms with Crippen molar-refractivity contribution in [3.05, 3.63) is 95.3 Å². The molecule has 0 aliphatic rings. The number of amides is 1. The van der Waals surface area contributed by atoms with E-state index in [2.05, 4.69) is 52.3 Å². The second-order valence-corrected chi connectivity index (χ2v) is 8.43. The maximum Gasteiger partial charge on any atom is 0.257 e. The van der Waals surface area contributed by atoms with E-state index in [4.69, 9.17) is 21.3 Å². The molecule has 0 spiro atoms. The quantitative estimate of drug-likeness (QED) is 0.294. The number of fused-ring (bicyclic) bond motifs is 1. The minimum Gasteiger partial charge on any atom is -0.484 e. The summed E-state index contributed by atoms with van der Waals surface area (Å²) in [4.78, 5) is 16.9. The number of rotatable bonds is 11. The Morgan fingerprint density at radius 2 is 1.67 bits per heavy atom. The van der Waals surface area contributed by atoms with E-state index in [1.807, 2.05) is 12.1 Å². The highest BCUT2D eigenvalue weighted by Crippen LogP contribution is 2.20. The Labute approximate surface area is 199 Å². The molecule has 1 amide bonds. The van der Waals surface area contributed by atoms with Crippen LogP contribution < -0.4 is 10.1 Å². The van der Waals surface area contributed by atoms with Crippen molar-refractivity contribution in [1.82, 2.24) is 14.9 Å². The Kier molecular flexibility index (Phi) is 7.99. The van der Waals surface area contributed by atoms with Gasteiger partial charge in [-0.1, -0.05) is 60.5 Å². The topological polar surface area (TPSA) is 56.1 Å². The fraction of sp³-hybridized carbons (Fsp3) is 0.259. The first-order chi connectivity index (χ1) is 16.2. The Hall–Kier alpha value is -3.31. The van der Waals surface area contributed by atoms with Crippen molar-refractivity contribution in [1.29, 1.82) is 0 Å². The SMILES string of the molecule is O=C(COc1ccc(Cl)cc1)NCCCCCc1nc2ccccc2n1Cc1ccccc1. The van der Waals surface area contributed by atoms with Crippen molar-refractivity contribution in [2.45, 2.75) is 32.2 Å². The summed E-state index contributed by atoms with van der Waals surface area (Å²) < 4.78 is 7.79. The summed E-state index contributed by atoms with van der Waals surface area (Å²) in [5, 5.41) is 3.56. The lowest BCUT2D eigenvalue weighted by atomic mass is 10.1. The maximum atomic E-state index is 12.0. The van der Waals surface area contributed by atoms with Crippen LogP contribution in [0.5, 0.6) is 5.75 Å². The molecule has 0 radical (unpaired) electrons.